The van der Waals surface area contributed by atoms with Gasteiger partial charge in [-0.3, -0.25) is 0 Å². The monoisotopic (exact) mass is 243 g/mol. The fourth-order valence-electron chi connectivity index (χ4n) is 1.16. The average molecular weight is 243 g/mol. The van der Waals surface area contributed by atoms with Gasteiger partial charge in [0.25, 0.3) is 0 Å². The summed E-state index contributed by atoms with van der Waals surface area (Å²) in [5.74, 6) is -0.568. The van der Waals surface area contributed by atoms with Gasteiger partial charge in [-0.2, -0.15) is 0 Å². The van der Waals surface area contributed by atoms with Crippen molar-refractivity contribution in [3.05, 3.63) is 41.7 Å². The van der Waals surface area contributed by atoms with Crippen molar-refractivity contribution >= 4 is 10.0 Å². The highest BCUT2D eigenvalue weighted by Gasteiger charge is 2.16. The Morgan fingerprint density at radius 1 is 1.50 bits per heavy atom. The third kappa shape index (κ3) is 3.15. The third-order valence-corrected chi connectivity index (χ3v) is 3.55. The van der Waals surface area contributed by atoms with E-state index in [2.05, 4.69) is 11.3 Å². The first kappa shape index (κ1) is 12.9. The molecule has 0 aliphatic carbocycles. The van der Waals surface area contributed by atoms with Crippen molar-refractivity contribution in [2.45, 2.75) is 18.7 Å². The highest BCUT2D eigenvalue weighted by molar-refractivity contribution is 7.89. The highest BCUT2D eigenvalue weighted by atomic mass is 32.2. The quantitative estimate of drug-likeness (QED) is 0.822. The number of nitrogens with one attached hydrogen (secondary N) is 1. The molecule has 0 spiro atoms. The van der Waals surface area contributed by atoms with E-state index < -0.39 is 15.8 Å². The van der Waals surface area contributed by atoms with Crippen LogP contribution in [0.4, 0.5) is 4.39 Å². The minimum absolute atomic E-state index is 0.0336. The topological polar surface area (TPSA) is 46.2 Å². The average Bonchev–Trinajstić information content (AvgIpc) is 2.19. The second-order valence-electron chi connectivity index (χ2n) is 3.69. The number of benzene rings is 1. The van der Waals surface area contributed by atoms with Gasteiger partial charge in [-0.15, -0.1) is 0 Å². The molecule has 16 heavy (non-hydrogen) atoms. The van der Waals surface area contributed by atoms with Crippen molar-refractivity contribution in [1.82, 2.24) is 4.72 Å². The molecule has 0 aliphatic rings. The predicted molar refractivity (Wildman–Crippen MR) is 61.1 cm³/mol. The van der Waals surface area contributed by atoms with Crippen LogP contribution < -0.4 is 4.72 Å². The molecule has 0 atom stereocenters. The summed E-state index contributed by atoms with van der Waals surface area (Å²) in [7, 11) is -3.66. The molecule has 0 unspecified atom stereocenters. The van der Waals surface area contributed by atoms with E-state index in [0.717, 1.165) is 6.07 Å². The molecular formula is C11H14FNO2S. The van der Waals surface area contributed by atoms with Crippen molar-refractivity contribution < 1.29 is 12.8 Å². The van der Waals surface area contributed by atoms with Crippen molar-refractivity contribution in [2.75, 3.05) is 6.54 Å². The molecule has 0 saturated carbocycles. The van der Waals surface area contributed by atoms with Crippen LogP contribution in [0.15, 0.2) is 35.2 Å². The molecule has 0 heterocycles. The maximum Gasteiger partial charge on any atom is 0.241 e. The van der Waals surface area contributed by atoms with Crippen molar-refractivity contribution in [1.29, 1.82) is 0 Å². The van der Waals surface area contributed by atoms with E-state index in [4.69, 9.17) is 0 Å². The Balaban J connectivity index is 3.07. The molecule has 0 bridgehead atoms. The first-order chi connectivity index (χ1) is 7.33. The minimum Gasteiger partial charge on any atom is -0.207 e. The van der Waals surface area contributed by atoms with Gasteiger partial charge in [0.2, 0.25) is 10.0 Å². The van der Waals surface area contributed by atoms with E-state index in [9.17, 15) is 12.8 Å². The Labute approximate surface area is 95.0 Å². The van der Waals surface area contributed by atoms with Crippen LogP contribution in [0, 0.1) is 12.7 Å². The van der Waals surface area contributed by atoms with Crippen LogP contribution in [0.1, 0.15) is 12.5 Å². The summed E-state index contributed by atoms with van der Waals surface area (Å²) in [4.78, 5) is -0.0336. The van der Waals surface area contributed by atoms with Crippen LogP contribution in [0.5, 0.6) is 0 Å². The molecule has 0 radical (unpaired) electrons. The van der Waals surface area contributed by atoms with Gasteiger partial charge in [-0.1, -0.05) is 18.2 Å². The molecule has 1 N–H and O–H groups in total. The molecule has 0 fully saturated rings. The second kappa shape index (κ2) is 4.76. The highest BCUT2D eigenvalue weighted by Crippen LogP contribution is 2.16. The van der Waals surface area contributed by atoms with Crippen LogP contribution in [0.2, 0.25) is 0 Å². The summed E-state index contributed by atoms with van der Waals surface area (Å²) in [5, 5.41) is 0. The van der Waals surface area contributed by atoms with Gasteiger partial charge < -0.3 is 0 Å². The van der Waals surface area contributed by atoms with Gasteiger partial charge in [-0.25, -0.2) is 17.5 Å². The fraction of sp³-hybridized carbons (Fsp3) is 0.273. The Bertz CT molecular complexity index is 509. The number of halogens is 1. The first-order valence-electron chi connectivity index (χ1n) is 4.73. The van der Waals surface area contributed by atoms with Gasteiger partial charge in [0.15, 0.2) is 0 Å². The lowest BCUT2D eigenvalue weighted by atomic mass is 10.2. The van der Waals surface area contributed by atoms with Gasteiger partial charge >= 0.3 is 0 Å². The lowest BCUT2D eigenvalue weighted by Crippen LogP contribution is -2.26. The first-order valence-corrected chi connectivity index (χ1v) is 6.21. The van der Waals surface area contributed by atoms with Crippen LogP contribution >= 0.6 is 0 Å². The van der Waals surface area contributed by atoms with Crippen LogP contribution in [0.3, 0.4) is 0 Å². The zero-order chi connectivity index (χ0) is 12.3. The van der Waals surface area contributed by atoms with Crippen molar-refractivity contribution in [3.63, 3.8) is 0 Å². The van der Waals surface area contributed by atoms with E-state index in [-0.39, 0.29) is 11.4 Å². The lowest BCUT2D eigenvalue weighted by Gasteiger charge is -2.09. The summed E-state index contributed by atoms with van der Waals surface area (Å²) in [5.41, 5.74) is 1.20. The van der Waals surface area contributed by atoms with Crippen LogP contribution in [-0.4, -0.2) is 15.0 Å². The predicted octanol–water partition coefficient (Wildman–Crippen LogP) is 1.99. The Kier molecular flexibility index (Phi) is 3.83. The summed E-state index contributed by atoms with van der Waals surface area (Å²) in [6, 6.07) is 3.67. The van der Waals surface area contributed by atoms with Crippen molar-refractivity contribution in [2.24, 2.45) is 0 Å². The fourth-order valence-corrected chi connectivity index (χ4v) is 2.51. The molecule has 3 nitrogen and oxygen atoms in total. The maximum atomic E-state index is 13.0. The number of sulfonamides is 1. The molecule has 0 aliphatic heterocycles. The zero-order valence-electron chi connectivity index (χ0n) is 9.25. The van der Waals surface area contributed by atoms with E-state index in [0.29, 0.717) is 11.1 Å². The molecular weight excluding hydrogens is 229 g/mol. The summed E-state index contributed by atoms with van der Waals surface area (Å²) in [6.45, 7) is 7.07. The molecule has 0 aromatic heterocycles. The smallest absolute Gasteiger partial charge is 0.207 e. The van der Waals surface area contributed by atoms with E-state index in [1.54, 1.807) is 13.8 Å². The minimum atomic E-state index is -3.66. The van der Waals surface area contributed by atoms with E-state index in [1.165, 1.54) is 12.1 Å². The van der Waals surface area contributed by atoms with E-state index in [1.807, 2.05) is 0 Å². The Hall–Kier alpha value is -1.20. The summed E-state index contributed by atoms with van der Waals surface area (Å²) in [6.07, 6.45) is 0. The maximum absolute atomic E-state index is 13.0. The molecule has 0 saturated heterocycles. The van der Waals surface area contributed by atoms with Crippen molar-refractivity contribution in [3.8, 4) is 0 Å². The summed E-state index contributed by atoms with van der Waals surface area (Å²) >= 11 is 0. The molecule has 88 valence electrons. The standard InChI is InChI=1S/C11H14FNO2S/c1-8(2)7-13-16(14,15)11-6-10(12)5-4-9(11)3/h4-6,13H,1,7H2,2-3H3. The van der Waals surface area contributed by atoms with E-state index >= 15 is 0 Å². The molecule has 1 aromatic carbocycles. The third-order valence-electron chi connectivity index (χ3n) is 2.00. The normalized spacial score (nSPS) is 11.4. The van der Waals surface area contributed by atoms with Crippen LogP contribution in [-0.2, 0) is 10.0 Å². The van der Waals surface area contributed by atoms with Gasteiger partial charge in [-0.05, 0) is 31.5 Å². The molecule has 1 aromatic rings. The number of aryl methyl sites for hydroxylation is 1. The Morgan fingerprint density at radius 2 is 2.12 bits per heavy atom. The Morgan fingerprint density at radius 3 is 2.69 bits per heavy atom. The van der Waals surface area contributed by atoms with Crippen LogP contribution in [0.25, 0.3) is 0 Å². The second-order valence-corrected chi connectivity index (χ2v) is 5.43. The van der Waals surface area contributed by atoms with Gasteiger partial charge in [0.1, 0.15) is 5.82 Å². The SMILES string of the molecule is C=C(C)CNS(=O)(=O)c1cc(F)ccc1C. The lowest BCUT2D eigenvalue weighted by molar-refractivity contribution is 0.579. The number of hydrogen-bond donors (Lipinski definition) is 1. The largest absolute Gasteiger partial charge is 0.241 e. The van der Waals surface area contributed by atoms with Gasteiger partial charge in [0.05, 0.1) is 4.90 Å². The molecule has 1 rings (SSSR count). The summed E-state index contributed by atoms with van der Waals surface area (Å²) < 4.78 is 38.9. The number of hydrogen-bond acceptors (Lipinski definition) is 2. The molecule has 0 amide bonds. The number of rotatable bonds is 4. The van der Waals surface area contributed by atoms with Gasteiger partial charge in [0, 0.05) is 6.54 Å². The zero-order valence-corrected chi connectivity index (χ0v) is 10.1. The molecule has 5 heteroatoms.